The van der Waals surface area contributed by atoms with Crippen LogP contribution in [-0.2, 0) is 6.42 Å². The summed E-state index contributed by atoms with van der Waals surface area (Å²) in [6, 6.07) is 8.89. The van der Waals surface area contributed by atoms with Gasteiger partial charge in [0.25, 0.3) is 0 Å². The molecule has 1 rings (SSSR count). The zero-order chi connectivity index (χ0) is 15.7. The molecule has 1 N–H and O–H groups in total. The summed E-state index contributed by atoms with van der Waals surface area (Å²) in [5.74, 6) is 0.726. The molecule has 0 aliphatic carbocycles. The fourth-order valence-corrected chi connectivity index (χ4v) is 3.06. The highest BCUT2D eigenvalue weighted by molar-refractivity contribution is 5.26. The maximum atomic E-state index is 3.73. The minimum absolute atomic E-state index is 0.414. The highest BCUT2D eigenvalue weighted by Gasteiger charge is 2.28. The number of aryl methyl sites for hydroxylation is 1. The lowest BCUT2D eigenvalue weighted by molar-refractivity contribution is 0.226. The Labute approximate surface area is 132 Å². The van der Waals surface area contributed by atoms with Gasteiger partial charge < -0.3 is 5.32 Å². The molecule has 1 nitrogen and oxygen atoms in total. The van der Waals surface area contributed by atoms with Crippen molar-refractivity contribution >= 4 is 0 Å². The van der Waals surface area contributed by atoms with Crippen LogP contribution in [0, 0.1) is 18.3 Å². The molecule has 0 aromatic heterocycles. The van der Waals surface area contributed by atoms with E-state index in [4.69, 9.17) is 0 Å². The zero-order valence-electron chi connectivity index (χ0n) is 14.8. The quantitative estimate of drug-likeness (QED) is 0.610. The molecule has 21 heavy (non-hydrogen) atoms. The van der Waals surface area contributed by atoms with E-state index >= 15 is 0 Å². The second kappa shape index (κ2) is 9.25. The highest BCUT2D eigenvalue weighted by Crippen LogP contribution is 2.33. The molecular weight excluding hydrogens is 254 g/mol. The van der Waals surface area contributed by atoms with Gasteiger partial charge in [-0.15, -0.1) is 0 Å². The normalized spacial score (nSPS) is 14.4. The summed E-state index contributed by atoms with van der Waals surface area (Å²) in [6.07, 6.45) is 6.43. The first-order valence-corrected chi connectivity index (χ1v) is 8.78. The zero-order valence-corrected chi connectivity index (χ0v) is 14.8. The minimum atomic E-state index is 0.414. The number of benzene rings is 1. The Morgan fingerprint density at radius 3 is 2.43 bits per heavy atom. The summed E-state index contributed by atoms with van der Waals surface area (Å²) in [4.78, 5) is 0. The van der Waals surface area contributed by atoms with Crippen molar-refractivity contribution in [2.24, 2.45) is 11.3 Å². The molecule has 1 unspecified atom stereocenters. The number of rotatable bonds is 10. The van der Waals surface area contributed by atoms with Gasteiger partial charge in [-0.2, -0.15) is 0 Å². The lowest BCUT2D eigenvalue weighted by Crippen LogP contribution is -2.37. The fourth-order valence-electron chi connectivity index (χ4n) is 3.06. The van der Waals surface area contributed by atoms with E-state index < -0.39 is 0 Å². The van der Waals surface area contributed by atoms with Gasteiger partial charge in [0.2, 0.25) is 0 Å². The Kier molecular flexibility index (Phi) is 8.03. The van der Waals surface area contributed by atoms with Crippen molar-refractivity contribution in [3.05, 3.63) is 35.4 Å². The Morgan fingerprint density at radius 1 is 1.14 bits per heavy atom. The molecule has 0 aliphatic heterocycles. The van der Waals surface area contributed by atoms with E-state index in [-0.39, 0.29) is 0 Å². The van der Waals surface area contributed by atoms with Gasteiger partial charge in [0, 0.05) is 6.54 Å². The van der Waals surface area contributed by atoms with Gasteiger partial charge in [0.15, 0.2) is 0 Å². The second-order valence-electron chi connectivity index (χ2n) is 7.09. The van der Waals surface area contributed by atoms with Gasteiger partial charge in [-0.3, -0.25) is 0 Å². The molecule has 0 radical (unpaired) electrons. The Morgan fingerprint density at radius 2 is 1.86 bits per heavy atom. The molecule has 0 aliphatic rings. The van der Waals surface area contributed by atoms with E-state index in [9.17, 15) is 0 Å². The molecule has 1 heteroatoms. The van der Waals surface area contributed by atoms with E-state index in [0.29, 0.717) is 5.41 Å². The third kappa shape index (κ3) is 6.22. The average Bonchev–Trinajstić information content (AvgIpc) is 2.46. The molecule has 0 saturated heterocycles. The fraction of sp³-hybridized carbons (Fsp3) is 0.700. The van der Waals surface area contributed by atoms with Crippen molar-refractivity contribution in [3.8, 4) is 0 Å². The van der Waals surface area contributed by atoms with Crippen molar-refractivity contribution in [2.45, 2.75) is 66.7 Å². The van der Waals surface area contributed by atoms with Crippen LogP contribution in [0.15, 0.2) is 24.3 Å². The van der Waals surface area contributed by atoms with Crippen LogP contribution < -0.4 is 5.32 Å². The maximum absolute atomic E-state index is 3.73. The van der Waals surface area contributed by atoms with E-state index in [0.717, 1.165) is 19.0 Å². The summed E-state index contributed by atoms with van der Waals surface area (Å²) < 4.78 is 0. The van der Waals surface area contributed by atoms with Gasteiger partial charge in [0.1, 0.15) is 0 Å². The first-order chi connectivity index (χ1) is 10.0. The van der Waals surface area contributed by atoms with Crippen LogP contribution in [0.1, 0.15) is 64.5 Å². The average molecular weight is 290 g/mol. The standard InChI is InChI=1S/C20H35N/c1-6-8-13-20(7-2,16-21-15-17(3)4)14-19-12-10-9-11-18(19)5/h9-12,17,21H,6-8,13-16H2,1-5H3. The van der Waals surface area contributed by atoms with Gasteiger partial charge in [-0.1, -0.05) is 64.8 Å². The smallest absolute Gasteiger partial charge is 0.00110 e. The highest BCUT2D eigenvalue weighted by atomic mass is 14.9. The lowest BCUT2D eigenvalue weighted by atomic mass is 9.74. The molecule has 0 saturated carbocycles. The van der Waals surface area contributed by atoms with E-state index in [2.05, 4.69) is 64.2 Å². The van der Waals surface area contributed by atoms with Crippen LogP contribution >= 0.6 is 0 Å². The summed E-state index contributed by atoms with van der Waals surface area (Å²) in [7, 11) is 0. The topological polar surface area (TPSA) is 12.0 Å². The summed E-state index contributed by atoms with van der Waals surface area (Å²) in [5, 5.41) is 3.73. The summed E-state index contributed by atoms with van der Waals surface area (Å²) >= 11 is 0. The predicted octanol–water partition coefficient (Wildman–Crippen LogP) is 5.37. The molecule has 0 heterocycles. The van der Waals surface area contributed by atoms with Crippen LogP contribution in [0.3, 0.4) is 0 Å². The number of unbranched alkanes of at least 4 members (excludes halogenated alkanes) is 1. The first kappa shape index (κ1) is 18.2. The first-order valence-electron chi connectivity index (χ1n) is 8.78. The van der Waals surface area contributed by atoms with Crippen molar-refractivity contribution in [3.63, 3.8) is 0 Å². The molecule has 120 valence electrons. The minimum Gasteiger partial charge on any atom is -0.316 e. The third-order valence-corrected chi connectivity index (χ3v) is 4.69. The SMILES string of the molecule is CCCCC(CC)(CNCC(C)C)Cc1ccccc1C. The van der Waals surface area contributed by atoms with Crippen LogP contribution in [-0.4, -0.2) is 13.1 Å². The Hall–Kier alpha value is -0.820. The Bertz CT molecular complexity index is 397. The molecule has 0 bridgehead atoms. The molecule has 0 fully saturated rings. The summed E-state index contributed by atoms with van der Waals surface area (Å²) in [5.41, 5.74) is 3.38. The largest absolute Gasteiger partial charge is 0.316 e. The van der Waals surface area contributed by atoms with Crippen molar-refractivity contribution in [1.82, 2.24) is 5.32 Å². The number of nitrogens with one attached hydrogen (secondary N) is 1. The number of hydrogen-bond acceptors (Lipinski definition) is 1. The lowest BCUT2D eigenvalue weighted by Gasteiger charge is -2.34. The Balaban J connectivity index is 2.81. The monoisotopic (exact) mass is 289 g/mol. The predicted molar refractivity (Wildman–Crippen MR) is 94.8 cm³/mol. The van der Waals surface area contributed by atoms with Crippen LogP contribution in [0.4, 0.5) is 0 Å². The van der Waals surface area contributed by atoms with E-state index in [1.807, 2.05) is 0 Å². The van der Waals surface area contributed by atoms with Crippen LogP contribution in [0.2, 0.25) is 0 Å². The third-order valence-electron chi connectivity index (χ3n) is 4.69. The molecule has 0 spiro atoms. The summed E-state index contributed by atoms with van der Waals surface area (Å²) in [6.45, 7) is 13.8. The van der Waals surface area contributed by atoms with Gasteiger partial charge in [-0.25, -0.2) is 0 Å². The molecular formula is C20H35N. The molecule has 1 aromatic carbocycles. The molecule has 0 amide bonds. The second-order valence-corrected chi connectivity index (χ2v) is 7.09. The number of hydrogen-bond donors (Lipinski definition) is 1. The van der Waals surface area contributed by atoms with Crippen molar-refractivity contribution in [2.75, 3.05) is 13.1 Å². The van der Waals surface area contributed by atoms with Crippen molar-refractivity contribution < 1.29 is 0 Å². The van der Waals surface area contributed by atoms with E-state index in [1.165, 1.54) is 43.2 Å². The van der Waals surface area contributed by atoms with E-state index in [1.54, 1.807) is 0 Å². The van der Waals surface area contributed by atoms with Crippen molar-refractivity contribution in [1.29, 1.82) is 0 Å². The van der Waals surface area contributed by atoms with Gasteiger partial charge >= 0.3 is 0 Å². The van der Waals surface area contributed by atoms with Crippen LogP contribution in [0.5, 0.6) is 0 Å². The van der Waals surface area contributed by atoms with Gasteiger partial charge in [0.05, 0.1) is 0 Å². The van der Waals surface area contributed by atoms with Crippen LogP contribution in [0.25, 0.3) is 0 Å². The molecule has 1 atom stereocenters. The maximum Gasteiger partial charge on any atom is 0.00110 e. The molecule has 1 aromatic rings. The van der Waals surface area contributed by atoms with Gasteiger partial charge in [-0.05, 0) is 55.2 Å².